The van der Waals surface area contributed by atoms with Crippen LogP contribution < -0.4 is 10.6 Å². The average Bonchev–Trinajstić information content (AvgIpc) is 2.66. The monoisotopic (exact) mass is 318 g/mol. The maximum Gasteiger partial charge on any atom is 0.0762 e. The smallest absolute Gasteiger partial charge is 0.0762 e. The van der Waals surface area contributed by atoms with E-state index in [1.807, 2.05) is 12.1 Å². The van der Waals surface area contributed by atoms with Crippen molar-refractivity contribution in [1.29, 1.82) is 0 Å². The molecule has 0 amide bonds. The Morgan fingerprint density at radius 2 is 2.33 bits per heavy atom. The third-order valence-corrected chi connectivity index (χ3v) is 3.65. The van der Waals surface area contributed by atoms with Crippen LogP contribution in [0, 0.1) is 3.57 Å². The Labute approximate surface area is 104 Å². The van der Waals surface area contributed by atoms with Gasteiger partial charge in [-0.2, -0.15) is 0 Å². The minimum absolute atomic E-state index is 0.373. The second-order valence-electron chi connectivity index (χ2n) is 3.80. The number of methoxy groups -OCH3 is 1. The van der Waals surface area contributed by atoms with Gasteiger partial charge in [-0.3, -0.25) is 0 Å². The van der Waals surface area contributed by atoms with Crippen LogP contribution in [-0.2, 0) is 4.74 Å². The van der Waals surface area contributed by atoms with E-state index in [1.165, 1.54) is 9.26 Å². The molecule has 0 aromatic heterocycles. The Morgan fingerprint density at radius 3 is 2.93 bits per heavy atom. The molecule has 1 aromatic carbocycles. The molecule has 1 unspecified atom stereocenters. The van der Waals surface area contributed by atoms with Crippen molar-refractivity contribution in [3.63, 3.8) is 0 Å². The van der Waals surface area contributed by atoms with Crippen molar-refractivity contribution in [2.45, 2.75) is 12.5 Å². The van der Waals surface area contributed by atoms with E-state index in [-0.39, 0.29) is 0 Å². The molecule has 0 saturated carbocycles. The number of nitrogen functional groups attached to an aromatic ring is 1. The Morgan fingerprint density at radius 1 is 1.53 bits per heavy atom. The zero-order chi connectivity index (χ0) is 10.8. The van der Waals surface area contributed by atoms with E-state index in [0.717, 1.165) is 25.2 Å². The second-order valence-corrected chi connectivity index (χ2v) is 4.97. The van der Waals surface area contributed by atoms with Gasteiger partial charge in [-0.25, -0.2) is 0 Å². The zero-order valence-corrected chi connectivity index (χ0v) is 10.9. The number of benzene rings is 1. The van der Waals surface area contributed by atoms with Crippen LogP contribution in [0.15, 0.2) is 18.2 Å². The molecular weight excluding hydrogens is 303 g/mol. The number of nitrogens with two attached hydrogens (primary N) is 1. The van der Waals surface area contributed by atoms with Crippen LogP contribution in [0.5, 0.6) is 0 Å². The Hall–Kier alpha value is -0.490. The van der Waals surface area contributed by atoms with Crippen molar-refractivity contribution in [2.24, 2.45) is 0 Å². The fourth-order valence-electron chi connectivity index (χ4n) is 1.92. The number of rotatable bonds is 2. The summed E-state index contributed by atoms with van der Waals surface area (Å²) >= 11 is 2.33. The summed E-state index contributed by atoms with van der Waals surface area (Å²) in [5.74, 6) is 0. The topological polar surface area (TPSA) is 38.5 Å². The van der Waals surface area contributed by atoms with Crippen molar-refractivity contribution < 1.29 is 4.74 Å². The van der Waals surface area contributed by atoms with Gasteiger partial charge in [-0.1, -0.05) is 0 Å². The summed E-state index contributed by atoms with van der Waals surface area (Å²) in [7, 11) is 1.78. The van der Waals surface area contributed by atoms with Crippen molar-refractivity contribution >= 4 is 34.0 Å². The molecule has 0 spiro atoms. The Bertz CT molecular complexity index is 356. The van der Waals surface area contributed by atoms with Crippen molar-refractivity contribution in [3.05, 3.63) is 21.8 Å². The normalized spacial score (nSPS) is 20.9. The third-order valence-electron chi connectivity index (χ3n) is 2.79. The lowest BCUT2D eigenvalue weighted by molar-refractivity contribution is 0.121. The van der Waals surface area contributed by atoms with Crippen LogP contribution in [0.1, 0.15) is 6.42 Å². The fraction of sp³-hybridized carbons (Fsp3) is 0.455. The summed E-state index contributed by atoms with van der Waals surface area (Å²) in [5.41, 5.74) is 7.82. The van der Waals surface area contributed by atoms with Crippen LogP contribution in [-0.4, -0.2) is 26.3 Å². The number of ether oxygens (including phenoxy) is 1. The quantitative estimate of drug-likeness (QED) is 0.670. The second kappa shape index (κ2) is 4.57. The van der Waals surface area contributed by atoms with Crippen molar-refractivity contribution in [1.82, 2.24) is 0 Å². The lowest BCUT2D eigenvalue weighted by atomic mass is 10.2. The molecule has 82 valence electrons. The van der Waals surface area contributed by atoms with Gasteiger partial charge >= 0.3 is 0 Å². The molecule has 1 aliphatic heterocycles. The molecule has 2 rings (SSSR count). The highest BCUT2D eigenvalue weighted by atomic mass is 127. The van der Waals surface area contributed by atoms with Gasteiger partial charge in [-0.05, 0) is 47.2 Å². The first-order valence-electron chi connectivity index (χ1n) is 5.03. The maximum atomic E-state index is 5.73. The minimum atomic E-state index is 0.373. The molecule has 1 saturated heterocycles. The van der Waals surface area contributed by atoms with Crippen molar-refractivity contribution in [2.75, 3.05) is 30.8 Å². The molecule has 0 bridgehead atoms. The average molecular weight is 318 g/mol. The summed E-state index contributed by atoms with van der Waals surface area (Å²) in [6.45, 7) is 2.05. The highest BCUT2D eigenvalue weighted by Gasteiger charge is 2.23. The van der Waals surface area contributed by atoms with Gasteiger partial charge in [0.05, 0.1) is 11.8 Å². The fourth-order valence-corrected chi connectivity index (χ4v) is 2.80. The van der Waals surface area contributed by atoms with E-state index in [0.29, 0.717) is 6.10 Å². The third kappa shape index (κ3) is 2.36. The molecule has 4 heteroatoms. The maximum absolute atomic E-state index is 5.73. The van der Waals surface area contributed by atoms with E-state index in [1.54, 1.807) is 7.11 Å². The first-order chi connectivity index (χ1) is 7.20. The van der Waals surface area contributed by atoms with Gasteiger partial charge in [-0.15, -0.1) is 0 Å². The van der Waals surface area contributed by atoms with Crippen LogP contribution in [0.4, 0.5) is 11.4 Å². The molecular formula is C11H15IN2O. The van der Waals surface area contributed by atoms with E-state index in [2.05, 4.69) is 33.6 Å². The first kappa shape index (κ1) is 11.0. The minimum Gasteiger partial charge on any atom is -0.399 e. The number of halogens is 1. The summed E-state index contributed by atoms with van der Waals surface area (Å²) in [4.78, 5) is 2.36. The Balaban J connectivity index is 2.17. The molecule has 0 radical (unpaired) electrons. The van der Waals surface area contributed by atoms with Gasteiger partial charge in [0.2, 0.25) is 0 Å². The molecule has 1 aromatic rings. The SMILES string of the molecule is COC1CCN(c2ccc(N)cc2I)C1. The molecule has 1 atom stereocenters. The molecule has 1 heterocycles. The highest BCUT2D eigenvalue weighted by Crippen LogP contribution is 2.28. The number of hydrogen-bond donors (Lipinski definition) is 1. The van der Waals surface area contributed by atoms with E-state index in [9.17, 15) is 0 Å². The van der Waals surface area contributed by atoms with Crippen molar-refractivity contribution in [3.8, 4) is 0 Å². The number of nitrogens with zero attached hydrogens (tertiary/aromatic N) is 1. The summed E-state index contributed by atoms with van der Waals surface area (Å²) in [6.07, 6.45) is 1.48. The number of anilines is 2. The van der Waals surface area contributed by atoms with Gasteiger partial charge < -0.3 is 15.4 Å². The van der Waals surface area contributed by atoms with E-state index >= 15 is 0 Å². The summed E-state index contributed by atoms with van der Waals surface area (Å²) in [5, 5.41) is 0. The van der Waals surface area contributed by atoms with Crippen LogP contribution in [0.25, 0.3) is 0 Å². The predicted molar refractivity (Wildman–Crippen MR) is 71.2 cm³/mol. The first-order valence-corrected chi connectivity index (χ1v) is 6.11. The van der Waals surface area contributed by atoms with Gasteiger partial charge in [0.15, 0.2) is 0 Å². The molecule has 0 aliphatic carbocycles. The lowest BCUT2D eigenvalue weighted by Crippen LogP contribution is -2.22. The van der Waals surface area contributed by atoms with Crippen LogP contribution >= 0.6 is 22.6 Å². The van der Waals surface area contributed by atoms with Gasteiger partial charge in [0, 0.05) is 29.5 Å². The van der Waals surface area contributed by atoms with E-state index in [4.69, 9.17) is 10.5 Å². The standard InChI is InChI=1S/C11H15IN2O/c1-15-9-4-5-14(7-9)11-3-2-8(13)6-10(11)12/h2-3,6,9H,4-5,7,13H2,1H3. The summed E-state index contributed by atoms with van der Waals surface area (Å²) < 4.78 is 6.57. The number of hydrogen-bond acceptors (Lipinski definition) is 3. The predicted octanol–water partition coefficient (Wildman–Crippen LogP) is 2.10. The largest absolute Gasteiger partial charge is 0.399 e. The molecule has 15 heavy (non-hydrogen) atoms. The lowest BCUT2D eigenvalue weighted by Gasteiger charge is -2.20. The highest BCUT2D eigenvalue weighted by molar-refractivity contribution is 14.1. The molecule has 2 N–H and O–H groups in total. The van der Waals surface area contributed by atoms with Crippen LogP contribution in [0.2, 0.25) is 0 Å². The van der Waals surface area contributed by atoms with Gasteiger partial charge in [0.25, 0.3) is 0 Å². The molecule has 1 fully saturated rings. The van der Waals surface area contributed by atoms with Gasteiger partial charge in [0.1, 0.15) is 0 Å². The van der Waals surface area contributed by atoms with E-state index < -0.39 is 0 Å². The van der Waals surface area contributed by atoms with Crippen LogP contribution in [0.3, 0.4) is 0 Å². The zero-order valence-electron chi connectivity index (χ0n) is 8.74. The molecule has 1 aliphatic rings. The summed E-state index contributed by atoms with van der Waals surface area (Å²) in [6, 6.07) is 6.06. The Kier molecular flexibility index (Phi) is 3.35. The molecule has 3 nitrogen and oxygen atoms in total.